The van der Waals surface area contributed by atoms with Crippen LogP contribution in [0.2, 0.25) is 0 Å². The van der Waals surface area contributed by atoms with Crippen molar-refractivity contribution in [2.24, 2.45) is 0 Å². The number of ether oxygens (including phenoxy) is 1. The number of nitrogens with one attached hydrogen (secondary N) is 1. The number of esters is 1. The Morgan fingerprint density at radius 3 is 2.65 bits per heavy atom. The van der Waals surface area contributed by atoms with Gasteiger partial charge in [-0.25, -0.2) is 23.5 Å². The minimum atomic E-state index is -0.779. The maximum absolute atomic E-state index is 14.1. The first-order valence-corrected chi connectivity index (χ1v) is 8.04. The highest BCUT2D eigenvalue weighted by atomic mass is 19.1. The first kappa shape index (κ1) is 17.7. The van der Waals surface area contributed by atoms with Crippen LogP contribution in [0.3, 0.4) is 0 Å². The monoisotopic (exact) mass is 357 g/mol. The van der Waals surface area contributed by atoms with E-state index in [0.29, 0.717) is 16.7 Å². The van der Waals surface area contributed by atoms with Gasteiger partial charge in [0.15, 0.2) is 5.65 Å². The molecule has 0 spiro atoms. The number of nitrogens with zero attached hydrogens (tertiary/aromatic N) is 2. The lowest BCUT2D eigenvalue weighted by Crippen LogP contribution is -2.14. The van der Waals surface area contributed by atoms with E-state index in [-0.39, 0.29) is 17.4 Å². The van der Waals surface area contributed by atoms with Crippen LogP contribution in [0.4, 0.5) is 20.2 Å². The number of rotatable bonds is 4. The Bertz CT molecular complexity index is 990. The van der Waals surface area contributed by atoms with E-state index in [0.717, 1.165) is 17.8 Å². The molecule has 1 aromatic carbocycles. The summed E-state index contributed by atoms with van der Waals surface area (Å²) in [6.07, 6.45) is 1.01. The van der Waals surface area contributed by atoms with Gasteiger partial charge in [-0.1, -0.05) is 0 Å². The van der Waals surface area contributed by atoms with Gasteiger partial charge < -0.3 is 10.1 Å². The zero-order chi connectivity index (χ0) is 18.8. The molecule has 0 amide bonds. The molecule has 0 fully saturated rings. The van der Waals surface area contributed by atoms with E-state index in [4.69, 9.17) is 4.74 Å². The van der Waals surface area contributed by atoms with Crippen molar-refractivity contribution in [3.63, 3.8) is 0 Å². The molecule has 0 bridgehead atoms. The topological polar surface area (TPSA) is 64.1 Å². The Labute approximate surface area is 149 Å². The third kappa shape index (κ3) is 3.61. The Morgan fingerprint density at radius 2 is 1.96 bits per heavy atom. The summed E-state index contributed by atoms with van der Waals surface area (Å²) in [5.41, 5.74) is 1.62. The number of aryl methyl sites for hydroxylation is 1. The van der Waals surface area contributed by atoms with Gasteiger partial charge in [0.2, 0.25) is 0 Å². The van der Waals surface area contributed by atoms with Gasteiger partial charge in [0.1, 0.15) is 17.2 Å². The molecule has 0 unspecified atom stereocenters. The molecular formula is C19H17F2N3O2. The maximum atomic E-state index is 14.1. The van der Waals surface area contributed by atoms with Crippen LogP contribution < -0.4 is 5.32 Å². The summed E-state index contributed by atoms with van der Waals surface area (Å²) in [5.74, 6) is -2.07. The second-order valence-electron chi connectivity index (χ2n) is 6.07. The van der Waals surface area contributed by atoms with E-state index < -0.39 is 17.6 Å². The Balaban J connectivity index is 2.16. The average molecular weight is 357 g/mol. The first-order valence-electron chi connectivity index (χ1n) is 8.04. The number of anilines is 2. The van der Waals surface area contributed by atoms with Crippen molar-refractivity contribution >= 4 is 28.4 Å². The number of hydrogen-bond donors (Lipinski definition) is 1. The van der Waals surface area contributed by atoms with Crippen LogP contribution in [-0.4, -0.2) is 22.0 Å². The van der Waals surface area contributed by atoms with E-state index in [1.165, 1.54) is 12.3 Å². The number of carbonyl (C=O) groups is 1. The van der Waals surface area contributed by atoms with E-state index in [1.807, 2.05) is 6.92 Å². The SMILES string of the molecule is Cc1ccc2c(Nc3ccc(F)cc3F)c(C(=O)OC(C)C)cnc2n1. The van der Waals surface area contributed by atoms with Crippen LogP contribution in [0.5, 0.6) is 0 Å². The van der Waals surface area contributed by atoms with Crippen molar-refractivity contribution in [3.05, 3.63) is 59.4 Å². The van der Waals surface area contributed by atoms with Crippen LogP contribution in [0, 0.1) is 18.6 Å². The Hall–Kier alpha value is -3.09. The summed E-state index contributed by atoms with van der Waals surface area (Å²) in [5, 5.41) is 3.39. The van der Waals surface area contributed by atoms with Crippen molar-refractivity contribution in [2.75, 3.05) is 5.32 Å². The van der Waals surface area contributed by atoms with Crippen LogP contribution in [0.1, 0.15) is 29.9 Å². The second kappa shape index (κ2) is 7.03. The number of carbonyl (C=O) groups excluding carboxylic acids is 1. The average Bonchev–Trinajstić information content (AvgIpc) is 2.56. The van der Waals surface area contributed by atoms with Gasteiger partial charge in [-0.15, -0.1) is 0 Å². The molecule has 5 nitrogen and oxygen atoms in total. The lowest BCUT2D eigenvalue weighted by molar-refractivity contribution is 0.0379. The number of halogens is 2. The van der Waals surface area contributed by atoms with Crippen LogP contribution in [0.25, 0.3) is 11.0 Å². The fourth-order valence-corrected chi connectivity index (χ4v) is 2.46. The van der Waals surface area contributed by atoms with Gasteiger partial charge in [0, 0.05) is 23.3 Å². The van der Waals surface area contributed by atoms with Crippen LogP contribution in [0.15, 0.2) is 36.5 Å². The molecule has 2 heterocycles. The van der Waals surface area contributed by atoms with Crippen LogP contribution in [-0.2, 0) is 4.74 Å². The molecule has 2 aromatic heterocycles. The maximum Gasteiger partial charge on any atom is 0.342 e. The number of benzene rings is 1. The lowest BCUT2D eigenvalue weighted by Gasteiger charge is -2.15. The predicted octanol–water partition coefficient (Wildman–Crippen LogP) is 4.53. The zero-order valence-electron chi connectivity index (χ0n) is 14.5. The largest absolute Gasteiger partial charge is 0.459 e. The van der Waals surface area contributed by atoms with E-state index in [2.05, 4.69) is 15.3 Å². The summed E-state index contributed by atoms with van der Waals surface area (Å²) in [6.45, 7) is 5.27. The van der Waals surface area contributed by atoms with Gasteiger partial charge in [-0.05, 0) is 45.0 Å². The highest BCUT2D eigenvalue weighted by Crippen LogP contribution is 2.30. The summed E-state index contributed by atoms with van der Waals surface area (Å²) in [6, 6.07) is 6.65. The fourth-order valence-electron chi connectivity index (χ4n) is 2.46. The summed E-state index contributed by atoms with van der Waals surface area (Å²) >= 11 is 0. The van der Waals surface area contributed by atoms with Crippen molar-refractivity contribution in [2.45, 2.75) is 26.9 Å². The molecule has 7 heteroatoms. The minimum absolute atomic E-state index is 0.0260. The van der Waals surface area contributed by atoms with Crippen molar-refractivity contribution in [3.8, 4) is 0 Å². The number of pyridine rings is 2. The summed E-state index contributed by atoms with van der Waals surface area (Å²) in [4.78, 5) is 21.0. The molecule has 0 aliphatic heterocycles. The van der Waals surface area contributed by atoms with E-state index >= 15 is 0 Å². The predicted molar refractivity (Wildman–Crippen MR) is 94.5 cm³/mol. The molecule has 0 aliphatic rings. The van der Waals surface area contributed by atoms with E-state index in [9.17, 15) is 13.6 Å². The molecule has 0 saturated heterocycles. The fraction of sp³-hybridized carbons (Fsp3) is 0.211. The molecule has 26 heavy (non-hydrogen) atoms. The minimum Gasteiger partial charge on any atom is -0.459 e. The summed E-state index contributed by atoms with van der Waals surface area (Å²) < 4.78 is 32.5. The molecule has 3 aromatic rings. The first-order chi connectivity index (χ1) is 12.3. The van der Waals surface area contributed by atoms with Crippen molar-refractivity contribution < 1.29 is 18.3 Å². The van der Waals surface area contributed by atoms with Gasteiger partial charge in [0.25, 0.3) is 0 Å². The molecule has 3 rings (SSSR count). The highest BCUT2D eigenvalue weighted by Gasteiger charge is 2.20. The number of aromatic nitrogens is 2. The van der Waals surface area contributed by atoms with Gasteiger partial charge in [0.05, 0.1) is 17.5 Å². The molecule has 134 valence electrons. The Kier molecular flexibility index (Phi) is 4.79. The van der Waals surface area contributed by atoms with E-state index in [1.54, 1.807) is 26.0 Å². The third-order valence-electron chi connectivity index (χ3n) is 3.62. The molecular weight excluding hydrogens is 340 g/mol. The van der Waals surface area contributed by atoms with Gasteiger partial charge in [-0.3, -0.25) is 0 Å². The quantitative estimate of drug-likeness (QED) is 0.695. The normalized spacial score (nSPS) is 11.0. The molecule has 1 N–H and O–H groups in total. The highest BCUT2D eigenvalue weighted by molar-refractivity contribution is 6.05. The standard InChI is InChI=1S/C19H17F2N3O2/c1-10(2)26-19(25)14-9-22-18-13(6-4-11(3)23-18)17(14)24-16-7-5-12(20)8-15(16)21/h4-10H,1-3H3,(H,22,23,24). The zero-order valence-corrected chi connectivity index (χ0v) is 14.5. The van der Waals surface area contributed by atoms with Crippen molar-refractivity contribution in [1.29, 1.82) is 0 Å². The smallest absolute Gasteiger partial charge is 0.342 e. The molecule has 0 aliphatic carbocycles. The number of hydrogen-bond acceptors (Lipinski definition) is 5. The third-order valence-corrected chi connectivity index (χ3v) is 3.62. The van der Waals surface area contributed by atoms with Gasteiger partial charge in [-0.2, -0.15) is 0 Å². The molecule has 0 atom stereocenters. The van der Waals surface area contributed by atoms with Gasteiger partial charge >= 0.3 is 5.97 Å². The molecule has 0 radical (unpaired) electrons. The summed E-state index contributed by atoms with van der Waals surface area (Å²) in [7, 11) is 0. The Morgan fingerprint density at radius 1 is 1.19 bits per heavy atom. The second-order valence-corrected chi connectivity index (χ2v) is 6.07. The lowest BCUT2D eigenvalue weighted by atomic mass is 10.1. The molecule has 0 saturated carbocycles. The van der Waals surface area contributed by atoms with Crippen molar-refractivity contribution in [1.82, 2.24) is 9.97 Å². The number of fused-ring (bicyclic) bond motifs is 1. The van der Waals surface area contributed by atoms with Crippen LogP contribution >= 0.6 is 0 Å².